The Balaban J connectivity index is 0.000000604. The minimum Gasteiger partial charge on any atom is -0.302 e. The lowest BCUT2D eigenvalue weighted by atomic mass is 10.0. The first-order valence-corrected chi connectivity index (χ1v) is 15.4. The van der Waals surface area contributed by atoms with E-state index in [4.69, 9.17) is 0 Å². The second-order valence-corrected chi connectivity index (χ2v) is 12.9. The topological polar surface area (TPSA) is 68.3 Å². The van der Waals surface area contributed by atoms with Gasteiger partial charge in [0.2, 0.25) is 18.2 Å². The van der Waals surface area contributed by atoms with Crippen molar-refractivity contribution in [1.29, 1.82) is 0 Å². The number of unbranched alkanes of at least 4 members (excludes halogenated alkanes) is 2. The van der Waals surface area contributed by atoms with Crippen LogP contribution in [0.4, 0.5) is 0 Å². The average molecular weight is 537 g/mol. The summed E-state index contributed by atoms with van der Waals surface area (Å²) in [6, 6.07) is 16.0. The van der Waals surface area contributed by atoms with Gasteiger partial charge in [0.15, 0.2) is 8.46 Å². The zero-order valence-electron chi connectivity index (χ0n) is 23.1. The Morgan fingerprint density at radius 3 is 1.46 bits per heavy atom. The van der Waals surface area contributed by atoms with Gasteiger partial charge in [-0.1, -0.05) is 85.5 Å². The molecule has 3 rings (SSSR count). The molecule has 0 aromatic heterocycles. The third-order valence-electron chi connectivity index (χ3n) is 6.33. The van der Waals surface area contributed by atoms with E-state index < -0.39 is 18.2 Å². The highest BCUT2D eigenvalue weighted by atomic mass is 31.2. The van der Waals surface area contributed by atoms with E-state index in [-0.39, 0.29) is 5.30 Å². The van der Waals surface area contributed by atoms with E-state index in [1.165, 1.54) is 12.8 Å². The predicted octanol–water partition coefficient (Wildman–Crippen LogP) is 8.67. The molecule has 4 nitrogen and oxygen atoms in total. The lowest BCUT2D eigenvalue weighted by Crippen LogP contribution is -2.23. The van der Waals surface area contributed by atoms with Gasteiger partial charge in [-0.25, -0.2) is 0 Å². The Bertz CT molecular complexity index is 1210. The first-order valence-electron chi connectivity index (χ1n) is 12.7. The fourth-order valence-electron chi connectivity index (χ4n) is 4.74. The molecular formula is C31H38O4P2. The molecule has 0 aliphatic carbocycles. The van der Waals surface area contributed by atoms with Crippen molar-refractivity contribution in [3.05, 3.63) is 99.1 Å². The van der Waals surface area contributed by atoms with Crippen LogP contribution in [0.15, 0.2) is 54.6 Å². The lowest BCUT2D eigenvalue weighted by molar-refractivity contribution is 0.104. The highest BCUT2D eigenvalue weighted by Crippen LogP contribution is 2.52. The van der Waals surface area contributed by atoms with Crippen molar-refractivity contribution >= 4 is 32.0 Å². The average Bonchev–Trinajstić information content (AvgIpc) is 2.83. The fourth-order valence-corrected chi connectivity index (χ4v) is 7.67. The molecule has 0 amide bonds. The summed E-state index contributed by atoms with van der Waals surface area (Å²) in [7, 11) is -3.81. The number of hydrogen-bond acceptors (Lipinski definition) is 4. The van der Waals surface area contributed by atoms with Crippen LogP contribution in [-0.2, 0) is 9.13 Å². The lowest BCUT2D eigenvalue weighted by Gasteiger charge is -2.21. The molecule has 0 unspecified atom stereocenters. The summed E-state index contributed by atoms with van der Waals surface area (Å²) >= 11 is 0. The van der Waals surface area contributed by atoms with Crippen LogP contribution in [-0.4, -0.2) is 17.2 Å². The first kappa shape index (κ1) is 30.6. The highest BCUT2D eigenvalue weighted by Gasteiger charge is 2.44. The summed E-state index contributed by atoms with van der Waals surface area (Å²) in [4.78, 5) is 27.7. The van der Waals surface area contributed by atoms with Crippen molar-refractivity contribution < 1.29 is 18.7 Å². The van der Waals surface area contributed by atoms with Gasteiger partial charge in [0.1, 0.15) is 0 Å². The van der Waals surface area contributed by atoms with Crippen LogP contribution in [0.2, 0.25) is 0 Å². The minimum absolute atomic E-state index is 0.277. The summed E-state index contributed by atoms with van der Waals surface area (Å²) in [5, 5.41) is 0.277. The molecule has 3 aromatic rings. The molecular weight excluding hydrogens is 498 g/mol. The SMILES string of the molecule is CCCCCP=O.Cc1cc(C)c(C(=O)P(=O)(C(=O)c2c(C)cc(C)cc2C)c2ccccc2)c(C)c1. The normalized spacial score (nSPS) is 11.1. The van der Waals surface area contributed by atoms with Crippen molar-refractivity contribution in [2.45, 2.75) is 67.7 Å². The number of carbonyl (C=O) groups excluding carboxylic acids is 2. The van der Waals surface area contributed by atoms with Crippen LogP contribution in [0.5, 0.6) is 0 Å². The molecule has 0 heterocycles. The van der Waals surface area contributed by atoms with Crippen LogP contribution >= 0.6 is 15.6 Å². The number of benzene rings is 3. The second kappa shape index (κ2) is 13.8. The molecule has 0 atom stereocenters. The first-order chi connectivity index (χ1) is 17.5. The van der Waals surface area contributed by atoms with Crippen LogP contribution in [0.25, 0.3) is 0 Å². The zero-order valence-corrected chi connectivity index (χ0v) is 24.8. The minimum atomic E-state index is -4.11. The monoisotopic (exact) mass is 536 g/mol. The Labute approximate surface area is 223 Å². The molecule has 6 heteroatoms. The van der Waals surface area contributed by atoms with E-state index in [2.05, 4.69) is 6.92 Å². The van der Waals surface area contributed by atoms with Crippen molar-refractivity contribution in [3.8, 4) is 0 Å². The molecule has 3 aromatic carbocycles. The van der Waals surface area contributed by atoms with Crippen LogP contribution in [0, 0.1) is 41.5 Å². The molecule has 0 radical (unpaired) electrons. The van der Waals surface area contributed by atoms with Gasteiger partial charge in [0.25, 0.3) is 0 Å². The standard InChI is InChI=1S/C26H27O3P.C5H11OP/c1-16-12-18(3)23(19(4)13-16)25(27)30(29,22-10-8-7-9-11-22)26(28)24-20(5)14-17(2)15-21(24)6;1-2-3-4-5-7-6/h7-15H,1-6H3;2-5H2,1H3. The van der Waals surface area contributed by atoms with Gasteiger partial charge in [-0.3, -0.25) is 14.2 Å². The predicted molar refractivity (Wildman–Crippen MR) is 156 cm³/mol. The van der Waals surface area contributed by atoms with Crippen molar-refractivity contribution in [2.75, 3.05) is 6.16 Å². The molecule has 0 saturated heterocycles. The fraction of sp³-hybridized carbons (Fsp3) is 0.355. The third-order valence-corrected chi connectivity index (χ3v) is 9.44. The van der Waals surface area contributed by atoms with Gasteiger partial charge in [0, 0.05) is 22.6 Å². The molecule has 0 N–H and O–H groups in total. The summed E-state index contributed by atoms with van der Waals surface area (Å²) in [5.74, 6) is 0. The maximum atomic E-state index is 14.5. The van der Waals surface area contributed by atoms with E-state index in [9.17, 15) is 18.7 Å². The van der Waals surface area contributed by atoms with Crippen molar-refractivity contribution in [1.82, 2.24) is 0 Å². The molecule has 0 spiro atoms. The summed E-state index contributed by atoms with van der Waals surface area (Å²) in [6.45, 7) is 13.4. The number of rotatable bonds is 9. The van der Waals surface area contributed by atoms with E-state index in [0.717, 1.165) is 46.0 Å². The van der Waals surface area contributed by atoms with E-state index >= 15 is 0 Å². The summed E-state index contributed by atoms with van der Waals surface area (Å²) in [5.41, 5.74) is 4.56. The van der Waals surface area contributed by atoms with Crippen LogP contribution < -0.4 is 5.30 Å². The Hall–Kier alpha value is -2.67. The molecule has 0 aliphatic heterocycles. The van der Waals surface area contributed by atoms with Crippen LogP contribution in [0.1, 0.15) is 80.3 Å². The molecule has 196 valence electrons. The maximum Gasteiger partial charge on any atom is 0.248 e. The Morgan fingerprint density at radius 2 is 1.11 bits per heavy atom. The smallest absolute Gasteiger partial charge is 0.248 e. The van der Waals surface area contributed by atoms with E-state index in [0.29, 0.717) is 19.6 Å². The molecule has 0 saturated carbocycles. The van der Waals surface area contributed by atoms with Gasteiger partial charge in [0.05, 0.1) is 0 Å². The Morgan fingerprint density at radius 1 is 0.703 bits per heavy atom. The number of aryl methyl sites for hydroxylation is 6. The van der Waals surface area contributed by atoms with E-state index in [1.54, 1.807) is 30.3 Å². The molecule has 0 aliphatic rings. The van der Waals surface area contributed by atoms with Gasteiger partial charge in [-0.2, -0.15) is 0 Å². The third kappa shape index (κ3) is 7.22. The van der Waals surface area contributed by atoms with Crippen molar-refractivity contribution in [2.24, 2.45) is 0 Å². The number of carbonyl (C=O) groups is 2. The van der Waals surface area contributed by atoms with Gasteiger partial charge in [-0.05, 0) is 70.2 Å². The van der Waals surface area contributed by atoms with Crippen LogP contribution in [0.3, 0.4) is 0 Å². The van der Waals surface area contributed by atoms with E-state index in [1.807, 2.05) is 65.8 Å². The van der Waals surface area contributed by atoms with Gasteiger partial charge >= 0.3 is 0 Å². The van der Waals surface area contributed by atoms with Crippen molar-refractivity contribution in [3.63, 3.8) is 0 Å². The molecule has 37 heavy (non-hydrogen) atoms. The summed E-state index contributed by atoms with van der Waals surface area (Å²) < 4.78 is 24.3. The molecule has 0 bridgehead atoms. The number of hydrogen-bond donors (Lipinski definition) is 0. The van der Waals surface area contributed by atoms with Gasteiger partial charge in [-0.15, -0.1) is 0 Å². The second-order valence-electron chi connectivity index (χ2n) is 9.66. The zero-order chi connectivity index (χ0) is 27.8. The molecule has 0 fully saturated rings. The highest BCUT2D eigenvalue weighted by molar-refractivity contribution is 8.01. The summed E-state index contributed by atoms with van der Waals surface area (Å²) in [6.07, 6.45) is 4.39. The quantitative estimate of drug-likeness (QED) is 0.203. The largest absolute Gasteiger partial charge is 0.302 e. The maximum absolute atomic E-state index is 14.5. The van der Waals surface area contributed by atoms with Gasteiger partial charge < -0.3 is 4.57 Å². The Kier molecular flexibility index (Phi) is 11.4.